The second-order valence-electron chi connectivity index (χ2n) is 5.03. The largest absolute Gasteiger partial charge is 0.325 e. The van der Waals surface area contributed by atoms with Crippen molar-refractivity contribution in [2.75, 3.05) is 16.4 Å². The van der Waals surface area contributed by atoms with Crippen LogP contribution in [0.4, 0.5) is 11.4 Å². The molecule has 0 radical (unpaired) electrons. The number of nitrogens with one attached hydrogen (secondary N) is 2. The van der Waals surface area contributed by atoms with Crippen molar-refractivity contribution in [3.8, 4) is 0 Å². The number of hydrogen-bond donors (Lipinski definition) is 2. The molecule has 0 aliphatic heterocycles. The van der Waals surface area contributed by atoms with Gasteiger partial charge in [-0.3, -0.25) is 14.6 Å². The van der Waals surface area contributed by atoms with E-state index in [9.17, 15) is 9.59 Å². The summed E-state index contributed by atoms with van der Waals surface area (Å²) in [7, 11) is 0. The minimum atomic E-state index is -0.132. The number of carbonyl (C=O) groups is 2. The van der Waals surface area contributed by atoms with E-state index < -0.39 is 0 Å². The van der Waals surface area contributed by atoms with Gasteiger partial charge in [0.15, 0.2) is 0 Å². The van der Waals surface area contributed by atoms with E-state index in [1.165, 1.54) is 23.1 Å². The molecule has 7 heteroatoms. The maximum atomic E-state index is 12.1. The Morgan fingerprint density at radius 3 is 2.60 bits per heavy atom. The molecule has 0 atom stereocenters. The van der Waals surface area contributed by atoms with Crippen LogP contribution in [0, 0.1) is 0 Å². The predicted molar refractivity (Wildman–Crippen MR) is 102 cm³/mol. The number of thioether (sulfide) groups is 1. The molecule has 5 nitrogen and oxygen atoms in total. The highest BCUT2D eigenvalue weighted by Crippen LogP contribution is 2.22. The summed E-state index contributed by atoms with van der Waals surface area (Å²) in [5.41, 5.74) is 1.43. The summed E-state index contributed by atoms with van der Waals surface area (Å²) < 4.78 is 0. The quantitative estimate of drug-likeness (QED) is 0.641. The Morgan fingerprint density at radius 2 is 1.84 bits per heavy atom. The van der Waals surface area contributed by atoms with Crippen LogP contribution in [0.15, 0.2) is 71.2 Å². The van der Waals surface area contributed by atoms with Crippen LogP contribution in [0.1, 0.15) is 9.67 Å². The van der Waals surface area contributed by atoms with E-state index in [1.54, 1.807) is 30.6 Å². The standard InChI is InChI=1S/C18H15N3O2S2/c22-17(20-13-6-8-19-9-7-13)12-25-15-4-1-3-14(11-15)21-18(23)16-5-2-10-24-16/h1-11H,12H2,(H,21,23)(H,19,20,22). The van der Waals surface area contributed by atoms with Crippen LogP contribution in [0.5, 0.6) is 0 Å². The smallest absolute Gasteiger partial charge is 0.265 e. The lowest BCUT2D eigenvalue weighted by atomic mass is 10.3. The lowest BCUT2D eigenvalue weighted by Gasteiger charge is -2.07. The molecule has 3 aromatic rings. The Kier molecular flexibility index (Phi) is 5.81. The van der Waals surface area contributed by atoms with Crippen LogP contribution in [0.3, 0.4) is 0 Å². The van der Waals surface area contributed by atoms with Gasteiger partial charge in [0.25, 0.3) is 5.91 Å². The molecule has 2 heterocycles. The van der Waals surface area contributed by atoms with Gasteiger partial charge in [0, 0.05) is 28.7 Å². The number of amides is 2. The first-order valence-electron chi connectivity index (χ1n) is 7.48. The number of benzene rings is 1. The van der Waals surface area contributed by atoms with Crippen LogP contribution >= 0.6 is 23.1 Å². The minimum absolute atomic E-state index is 0.0933. The molecule has 2 aromatic heterocycles. The van der Waals surface area contributed by atoms with Crippen molar-refractivity contribution in [2.24, 2.45) is 0 Å². The fourth-order valence-corrected chi connectivity index (χ4v) is 3.42. The minimum Gasteiger partial charge on any atom is -0.325 e. The zero-order chi connectivity index (χ0) is 17.5. The highest BCUT2D eigenvalue weighted by Gasteiger charge is 2.08. The Balaban J connectivity index is 1.54. The van der Waals surface area contributed by atoms with E-state index in [-0.39, 0.29) is 17.6 Å². The van der Waals surface area contributed by atoms with Gasteiger partial charge in [0.05, 0.1) is 10.6 Å². The number of rotatable bonds is 6. The van der Waals surface area contributed by atoms with Crippen molar-refractivity contribution in [3.63, 3.8) is 0 Å². The molecule has 0 aliphatic rings. The van der Waals surface area contributed by atoms with Crippen molar-refractivity contribution in [1.82, 2.24) is 4.98 Å². The lowest BCUT2D eigenvalue weighted by Crippen LogP contribution is -2.14. The van der Waals surface area contributed by atoms with Gasteiger partial charge < -0.3 is 10.6 Å². The molecule has 1 aromatic carbocycles. The van der Waals surface area contributed by atoms with Gasteiger partial charge >= 0.3 is 0 Å². The van der Waals surface area contributed by atoms with Crippen molar-refractivity contribution >= 4 is 46.3 Å². The number of thiophene rings is 1. The third-order valence-electron chi connectivity index (χ3n) is 3.17. The van der Waals surface area contributed by atoms with Gasteiger partial charge in [-0.15, -0.1) is 23.1 Å². The first-order valence-corrected chi connectivity index (χ1v) is 9.35. The Morgan fingerprint density at radius 1 is 1.00 bits per heavy atom. The summed E-state index contributed by atoms with van der Waals surface area (Å²) in [4.78, 5) is 29.5. The van der Waals surface area contributed by atoms with Crippen LogP contribution in [0.25, 0.3) is 0 Å². The first-order chi connectivity index (χ1) is 12.2. The Hall–Kier alpha value is -2.64. The van der Waals surface area contributed by atoms with Crippen molar-refractivity contribution in [1.29, 1.82) is 0 Å². The molecule has 0 fully saturated rings. The predicted octanol–water partition coefficient (Wildman–Crippen LogP) is 4.13. The van der Waals surface area contributed by atoms with E-state index in [4.69, 9.17) is 0 Å². The van der Waals surface area contributed by atoms with Gasteiger partial charge in [-0.05, 0) is 41.8 Å². The zero-order valence-corrected chi connectivity index (χ0v) is 14.8. The number of carbonyl (C=O) groups excluding carboxylic acids is 2. The summed E-state index contributed by atoms with van der Waals surface area (Å²) in [6, 6.07) is 14.5. The molecule has 0 saturated carbocycles. The van der Waals surface area contributed by atoms with E-state index in [2.05, 4.69) is 15.6 Å². The van der Waals surface area contributed by atoms with Gasteiger partial charge in [0.1, 0.15) is 0 Å². The molecule has 2 amide bonds. The molecule has 0 aliphatic carbocycles. The fraction of sp³-hybridized carbons (Fsp3) is 0.0556. The van der Waals surface area contributed by atoms with Gasteiger partial charge in [-0.1, -0.05) is 12.1 Å². The summed E-state index contributed by atoms with van der Waals surface area (Å²) in [6.45, 7) is 0. The van der Waals surface area contributed by atoms with Crippen LogP contribution in [-0.2, 0) is 4.79 Å². The van der Waals surface area contributed by atoms with Crippen molar-refractivity contribution in [3.05, 3.63) is 71.2 Å². The van der Waals surface area contributed by atoms with E-state index in [0.717, 1.165) is 10.6 Å². The Bertz CT molecular complexity index is 852. The molecule has 3 rings (SSSR count). The Labute approximate surface area is 153 Å². The molecular formula is C18H15N3O2S2. The lowest BCUT2D eigenvalue weighted by molar-refractivity contribution is -0.113. The van der Waals surface area contributed by atoms with Crippen LogP contribution < -0.4 is 10.6 Å². The molecule has 2 N–H and O–H groups in total. The van der Waals surface area contributed by atoms with E-state index >= 15 is 0 Å². The second kappa shape index (κ2) is 8.46. The molecule has 0 bridgehead atoms. The highest BCUT2D eigenvalue weighted by atomic mass is 32.2. The number of nitrogens with zero attached hydrogens (tertiary/aromatic N) is 1. The maximum absolute atomic E-state index is 12.1. The second-order valence-corrected chi connectivity index (χ2v) is 7.03. The van der Waals surface area contributed by atoms with Gasteiger partial charge in [-0.2, -0.15) is 0 Å². The fourth-order valence-electron chi connectivity index (χ4n) is 2.05. The molecule has 0 saturated heterocycles. The highest BCUT2D eigenvalue weighted by molar-refractivity contribution is 8.00. The SMILES string of the molecule is O=C(CSc1cccc(NC(=O)c2cccs2)c1)Nc1ccncc1. The van der Waals surface area contributed by atoms with E-state index in [0.29, 0.717) is 10.6 Å². The average Bonchev–Trinajstić information content (AvgIpc) is 3.16. The maximum Gasteiger partial charge on any atom is 0.265 e. The zero-order valence-electron chi connectivity index (χ0n) is 13.1. The first kappa shape index (κ1) is 17.2. The molecule has 126 valence electrons. The molecule has 0 unspecified atom stereocenters. The molecule has 0 spiro atoms. The normalized spacial score (nSPS) is 10.2. The topological polar surface area (TPSA) is 71.1 Å². The van der Waals surface area contributed by atoms with Gasteiger partial charge in [-0.25, -0.2) is 0 Å². The van der Waals surface area contributed by atoms with Gasteiger partial charge in [0.2, 0.25) is 5.91 Å². The van der Waals surface area contributed by atoms with Crippen LogP contribution in [0.2, 0.25) is 0 Å². The summed E-state index contributed by atoms with van der Waals surface area (Å²) in [5, 5.41) is 7.54. The molecule has 25 heavy (non-hydrogen) atoms. The number of aromatic nitrogens is 1. The number of pyridine rings is 1. The average molecular weight is 369 g/mol. The van der Waals surface area contributed by atoms with Crippen LogP contribution in [-0.4, -0.2) is 22.6 Å². The summed E-state index contributed by atoms with van der Waals surface area (Å²) in [5.74, 6) is 0.0572. The molecular weight excluding hydrogens is 354 g/mol. The third kappa shape index (κ3) is 5.17. The monoisotopic (exact) mass is 369 g/mol. The third-order valence-corrected chi connectivity index (χ3v) is 5.03. The van der Waals surface area contributed by atoms with E-state index in [1.807, 2.05) is 35.7 Å². The van der Waals surface area contributed by atoms with Crippen molar-refractivity contribution < 1.29 is 9.59 Å². The number of anilines is 2. The summed E-state index contributed by atoms with van der Waals surface area (Å²) in [6.07, 6.45) is 3.25. The summed E-state index contributed by atoms with van der Waals surface area (Å²) >= 11 is 2.81. The van der Waals surface area contributed by atoms with Crippen molar-refractivity contribution in [2.45, 2.75) is 4.90 Å². The number of hydrogen-bond acceptors (Lipinski definition) is 5.